The van der Waals surface area contributed by atoms with Crippen LogP contribution in [0.25, 0.3) is 38.8 Å². The van der Waals surface area contributed by atoms with Crippen LogP contribution in [-0.4, -0.2) is 73.9 Å². The minimum atomic E-state index is -0.960. The van der Waals surface area contributed by atoms with E-state index in [1.807, 2.05) is 44.2 Å². The zero-order chi connectivity index (χ0) is 35.3. The monoisotopic (exact) mass is 676 g/mol. The average molecular weight is 677 g/mol. The maximum atomic E-state index is 13.7. The molecule has 50 heavy (non-hydrogen) atoms. The number of rotatable bonds is 10. The highest BCUT2D eigenvalue weighted by atomic mass is 16.8. The van der Waals surface area contributed by atoms with E-state index in [4.69, 9.17) is 19.4 Å². The van der Waals surface area contributed by atoms with Gasteiger partial charge in [-0.1, -0.05) is 24.8 Å². The number of aliphatic hydroxyl groups is 3. The predicted molar refractivity (Wildman–Crippen MR) is 194 cm³/mol. The molecule has 1 saturated heterocycles. The number of carbonyl (C=O) groups is 1. The topological polar surface area (TPSA) is 154 Å². The normalized spacial score (nSPS) is 20.3. The summed E-state index contributed by atoms with van der Waals surface area (Å²) >= 11 is 0. The molecule has 5 N–H and O–H groups in total. The van der Waals surface area contributed by atoms with Gasteiger partial charge in [0.2, 0.25) is 0 Å². The van der Waals surface area contributed by atoms with Gasteiger partial charge in [0.1, 0.15) is 6.61 Å². The van der Waals surface area contributed by atoms with Crippen molar-refractivity contribution in [1.82, 2.24) is 19.9 Å². The van der Waals surface area contributed by atoms with Crippen LogP contribution in [0.15, 0.2) is 54.6 Å². The second-order valence-electron chi connectivity index (χ2n) is 13.6. The summed E-state index contributed by atoms with van der Waals surface area (Å²) in [6.07, 6.45) is 7.55. The molecule has 3 aliphatic heterocycles. The Kier molecular flexibility index (Phi) is 9.08. The molecule has 1 unspecified atom stereocenters. The first kappa shape index (κ1) is 34.0. The number of carbonyl (C=O) groups excluding carboxylic acids is 1. The number of ether oxygens (including phenoxy) is 2. The molecule has 2 atom stereocenters. The highest BCUT2D eigenvalue weighted by molar-refractivity contribution is 5.98. The largest absolute Gasteiger partial charge is 0.396 e. The van der Waals surface area contributed by atoms with E-state index in [1.54, 1.807) is 0 Å². The van der Waals surface area contributed by atoms with Crippen LogP contribution in [-0.2, 0) is 32.5 Å². The molecule has 1 aliphatic carbocycles. The van der Waals surface area contributed by atoms with Gasteiger partial charge in [0.05, 0.1) is 34.1 Å². The van der Waals surface area contributed by atoms with Crippen molar-refractivity contribution in [3.8, 4) is 0 Å². The Bertz CT molecular complexity index is 2160. The van der Waals surface area contributed by atoms with Crippen LogP contribution in [0.1, 0.15) is 71.7 Å². The van der Waals surface area contributed by atoms with E-state index in [-0.39, 0.29) is 25.8 Å². The van der Waals surface area contributed by atoms with Gasteiger partial charge < -0.3 is 34.8 Å². The standard InChI is InChI=1S/C40H44N4O6/c1-6-24-21(2)30-16-35-28-12-11-27(39-49-20-50-39)38(36(48)19-47)40(28,5)37(44-35)18-31-23(4)26(10-8-14-46)34(43-31)17-33-25(9-7-13-45)22(3)29(42-33)15-32(24)41-30/h6,11-12,15-18,38-39,42-43,45-47H,1,7-10,13-14,19-20H2,2-5H3/t38?,40-/m1/s1. The SMILES string of the molecule is C=CC1=C(C)c2cc3nc(cc4[nH]c(cc5[nH]c(cc1n2)c(C)c5CCCO)c(CCCO)c4C)[C@@]1(C)C3=CC=C(C2OCO2)C1C(=O)CO. The molecular formula is C40H44N4O6. The van der Waals surface area contributed by atoms with Crippen LogP contribution in [0, 0.1) is 19.8 Å². The van der Waals surface area contributed by atoms with Gasteiger partial charge in [0.25, 0.3) is 0 Å². The lowest BCUT2D eigenvalue weighted by molar-refractivity contribution is -0.304. The molecule has 260 valence electrons. The zero-order valence-corrected chi connectivity index (χ0v) is 29.0. The van der Waals surface area contributed by atoms with Crippen LogP contribution in [0.3, 0.4) is 0 Å². The van der Waals surface area contributed by atoms with Crippen molar-refractivity contribution in [1.29, 1.82) is 0 Å². The van der Waals surface area contributed by atoms with Gasteiger partial charge in [-0.05, 0) is 117 Å². The van der Waals surface area contributed by atoms with Gasteiger partial charge in [0, 0.05) is 40.9 Å². The first-order chi connectivity index (χ1) is 24.1. The van der Waals surface area contributed by atoms with Crippen molar-refractivity contribution >= 4 is 44.6 Å². The molecule has 0 radical (unpaired) electrons. The minimum Gasteiger partial charge on any atom is -0.396 e. The highest BCUT2D eigenvalue weighted by Gasteiger charge is 2.53. The number of fused-ring (bicyclic) bond motifs is 11. The molecule has 4 aliphatic rings. The smallest absolute Gasteiger partial charge is 0.186 e. The number of nitrogens with zero attached hydrogens (tertiary/aromatic N) is 2. The Morgan fingerprint density at radius 2 is 1.52 bits per heavy atom. The van der Waals surface area contributed by atoms with E-state index in [1.165, 1.54) is 0 Å². The molecule has 10 heteroatoms. The summed E-state index contributed by atoms with van der Waals surface area (Å²) in [5.74, 6) is -1.13. The first-order valence-corrected chi connectivity index (χ1v) is 17.2. The number of aliphatic hydroxyl groups excluding tert-OH is 3. The van der Waals surface area contributed by atoms with Crippen LogP contribution < -0.4 is 0 Å². The van der Waals surface area contributed by atoms with Crippen molar-refractivity contribution in [2.75, 3.05) is 26.6 Å². The number of hydrogen-bond donors (Lipinski definition) is 5. The van der Waals surface area contributed by atoms with Gasteiger partial charge in [0.15, 0.2) is 18.9 Å². The third-order valence-electron chi connectivity index (χ3n) is 10.9. The number of aromatic nitrogens is 4. The van der Waals surface area contributed by atoms with Crippen molar-refractivity contribution in [3.05, 3.63) is 99.7 Å². The summed E-state index contributed by atoms with van der Waals surface area (Å²) in [6.45, 7) is 11.9. The number of nitrogens with one attached hydrogen (secondary N) is 2. The molecule has 10 nitrogen and oxygen atoms in total. The fourth-order valence-electron chi connectivity index (χ4n) is 8.02. The van der Waals surface area contributed by atoms with Gasteiger partial charge in [-0.2, -0.15) is 0 Å². The van der Waals surface area contributed by atoms with E-state index < -0.39 is 24.2 Å². The number of aromatic amines is 2. The van der Waals surface area contributed by atoms with Crippen molar-refractivity contribution in [2.24, 2.45) is 5.92 Å². The summed E-state index contributed by atoms with van der Waals surface area (Å²) in [7, 11) is 0. The Morgan fingerprint density at radius 1 is 0.880 bits per heavy atom. The number of aryl methyl sites for hydroxylation is 4. The number of Topliss-reactive ketones (excluding diaryl/α,β-unsaturated/α-hetero) is 1. The Labute approximate surface area is 290 Å². The van der Waals surface area contributed by atoms with Gasteiger partial charge in [-0.15, -0.1) is 0 Å². The van der Waals surface area contributed by atoms with Crippen LogP contribution in [0.4, 0.5) is 0 Å². The Morgan fingerprint density at radius 3 is 2.08 bits per heavy atom. The molecule has 8 bridgehead atoms. The summed E-state index contributed by atoms with van der Waals surface area (Å²) < 4.78 is 11.4. The first-order valence-electron chi connectivity index (χ1n) is 17.2. The number of hydrogen-bond acceptors (Lipinski definition) is 8. The van der Waals surface area contributed by atoms with Crippen molar-refractivity contribution in [2.45, 2.75) is 65.1 Å². The van der Waals surface area contributed by atoms with Gasteiger partial charge in [-0.25, -0.2) is 4.98 Å². The minimum absolute atomic E-state index is 0.0591. The molecule has 3 aromatic rings. The maximum absolute atomic E-state index is 13.7. The van der Waals surface area contributed by atoms with Crippen LogP contribution >= 0.6 is 0 Å². The molecule has 0 saturated carbocycles. The van der Waals surface area contributed by atoms with E-state index in [2.05, 4.69) is 42.5 Å². The lowest BCUT2D eigenvalue weighted by Crippen LogP contribution is -2.47. The third-order valence-corrected chi connectivity index (χ3v) is 10.9. The quantitative estimate of drug-likeness (QED) is 0.184. The highest BCUT2D eigenvalue weighted by Crippen LogP contribution is 2.53. The Hall–Kier alpha value is -4.45. The van der Waals surface area contributed by atoms with E-state index >= 15 is 0 Å². The molecular weight excluding hydrogens is 632 g/mol. The molecule has 6 heterocycles. The van der Waals surface area contributed by atoms with E-state index in [0.717, 1.165) is 72.4 Å². The summed E-state index contributed by atoms with van der Waals surface area (Å²) in [5, 5.41) is 29.8. The average Bonchev–Trinajstić information content (AvgIpc) is 3.73. The summed E-state index contributed by atoms with van der Waals surface area (Å²) in [6, 6.07) is 8.15. The second-order valence-corrected chi connectivity index (χ2v) is 13.6. The van der Waals surface area contributed by atoms with Crippen molar-refractivity contribution < 1.29 is 29.6 Å². The number of H-pyrrole nitrogens is 2. The third kappa shape index (κ3) is 5.43. The van der Waals surface area contributed by atoms with E-state index in [9.17, 15) is 20.1 Å². The van der Waals surface area contributed by atoms with Gasteiger partial charge in [-0.3, -0.25) is 9.78 Å². The Balaban J connectivity index is 1.61. The number of allylic oxidation sites excluding steroid dienone is 6. The second kappa shape index (κ2) is 13.4. The van der Waals surface area contributed by atoms with Gasteiger partial charge >= 0.3 is 0 Å². The number of ketones is 1. The van der Waals surface area contributed by atoms with Crippen LogP contribution in [0.2, 0.25) is 0 Å². The molecule has 1 fully saturated rings. The van der Waals surface area contributed by atoms with E-state index in [0.29, 0.717) is 42.6 Å². The predicted octanol–water partition coefficient (Wildman–Crippen LogP) is 5.69. The fraction of sp³-hybridized carbons (Fsp3) is 0.375. The summed E-state index contributed by atoms with van der Waals surface area (Å²) in [5.41, 5.74) is 13.1. The molecule has 3 aromatic heterocycles. The maximum Gasteiger partial charge on any atom is 0.186 e. The lowest BCUT2D eigenvalue weighted by atomic mass is 9.62. The summed E-state index contributed by atoms with van der Waals surface area (Å²) in [4.78, 5) is 31.4. The van der Waals surface area contributed by atoms with Crippen molar-refractivity contribution in [3.63, 3.8) is 0 Å². The molecule has 0 aromatic carbocycles. The molecule has 0 amide bonds. The fourth-order valence-corrected chi connectivity index (χ4v) is 8.02. The molecule has 0 spiro atoms. The molecule has 7 rings (SSSR count). The zero-order valence-electron chi connectivity index (χ0n) is 29.0. The van der Waals surface area contributed by atoms with Crippen LogP contribution in [0.5, 0.6) is 0 Å². The lowest BCUT2D eigenvalue weighted by Gasteiger charge is -2.42.